The zero-order chi connectivity index (χ0) is 24.8. The first-order valence-corrected chi connectivity index (χ1v) is 12.0. The first-order valence-electron chi connectivity index (χ1n) is 12.0. The Morgan fingerprint density at radius 1 is 0.861 bits per heavy atom. The summed E-state index contributed by atoms with van der Waals surface area (Å²) in [6, 6.07) is 25.2. The molecule has 178 valence electrons. The number of nitrogens with zero attached hydrogens (tertiary/aromatic N) is 5. The maximum Gasteiger partial charge on any atom is 0.265 e. The number of fused-ring (bicyclic) bond motifs is 4. The van der Waals surface area contributed by atoms with Gasteiger partial charge in [-0.3, -0.25) is 13.9 Å². The van der Waals surface area contributed by atoms with Gasteiger partial charge in [0, 0.05) is 12.5 Å². The lowest BCUT2D eigenvalue weighted by atomic mass is 10.1. The summed E-state index contributed by atoms with van der Waals surface area (Å²) in [4.78, 5) is 29.2. The summed E-state index contributed by atoms with van der Waals surface area (Å²) in [6.07, 6.45) is 0.602. The van der Waals surface area contributed by atoms with Gasteiger partial charge >= 0.3 is 0 Å². The lowest BCUT2D eigenvalue weighted by molar-refractivity contribution is 0.414. The van der Waals surface area contributed by atoms with Gasteiger partial charge < -0.3 is 4.74 Å². The van der Waals surface area contributed by atoms with Gasteiger partial charge in [0.15, 0.2) is 11.3 Å². The second-order valence-electron chi connectivity index (χ2n) is 8.76. The number of aryl methyl sites for hydroxylation is 1. The van der Waals surface area contributed by atoms with Crippen LogP contribution in [-0.4, -0.2) is 31.2 Å². The van der Waals surface area contributed by atoms with Crippen molar-refractivity contribution in [2.24, 2.45) is 0 Å². The number of rotatable bonds is 5. The zero-order valence-corrected chi connectivity index (χ0v) is 20.3. The summed E-state index contributed by atoms with van der Waals surface area (Å²) in [5, 5.41) is 0.464. The van der Waals surface area contributed by atoms with Gasteiger partial charge in [0.05, 0.1) is 29.9 Å². The van der Waals surface area contributed by atoms with Crippen LogP contribution >= 0.6 is 0 Å². The molecule has 0 aliphatic carbocycles. The highest BCUT2D eigenvalue weighted by Gasteiger charge is 2.25. The molecule has 0 aliphatic heterocycles. The van der Waals surface area contributed by atoms with Gasteiger partial charge in [-0.1, -0.05) is 55.5 Å². The molecule has 0 N–H and O–H groups in total. The molecule has 0 fully saturated rings. The normalized spacial score (nSPS) is 12.4. The summed E-state index contributed by atoms with van der Waals surface area (Å²) in [6.45, 7) is 4.05. The summed E-state index contributed by atoms with van der Waals surface area (Å²) in [5.74, 6) is 1.42. The zero-order valence-electron chi connectivity index (χ0n) is 20.3. The maximum absolute atomic E-state index is 14.3. The van der Waals surface area contributed by atoms with E-state index in [9.17, 15) is 4.79 Å². The topological polar surface area (TPSA) is 74.8 Å². The molecule has 3 aromatic heterocycles. The number of hydrogen-bond acceptors (Lipinski definition) is 5. The van der Waals surface area contributed by atoms with Gasteiger partial charge in [-0.15, -0.1) is 0 Å². The Morgan fingerprint density at radius 3 is 2.31 bits per heavy atom. The fraction of sp³-hybridized carbons (Fsp3) is 0.172. The van der Waals surface area contributed by atoms with Gasteiger partial charge in [0.2, 0.25) is 0 Å². The first kappa shape index (κ1) is 22.0. The SMILES string of the molecule is CCc1nc2c(c(=O)n1C(C)c1ccccc1)c1nc3ccccc3nc1n2-c1cccc(OC)c1. The second kappa shape index (κ2) is 8.61. The monoisotopic (exact) mass is 475 g/mol. The molecule has 6 aromatic rings. The first-order chi connectivity index (χ1) is 17.6. The van der Waals surface area contributed by atoms with Crippen LogP contribution in [0.1, 0.15) is 31.3 Å². The van der Waals surface area contributed by atoms with Crippen molar-refractivity contribution in [2.75, 3.05) is 7.11 Å². The van der Waals surface area contributed by atoms with Crippen LogP contribution in [0.15, 0.2) is 83.7 Å². The molecule has 0 amide bonds. The van der Waals surface area contributed by atoms with Gasteiger partial charge in [-0.05, 0) is 36.8 Å². The van der Waals surface area contributed by atoms with Gasteiger partial charge in [0.1, 0.15) is 22.5 Å². The molecule has 3 aromatic carbocycles. The van der Waals surface area contributed by atoms with Gasteiger partial charge in [-0.25, -0.2) is 15.0 Å². The lowest BCUT2D eigenvalue weighted by Crippen LogP contribution is -2.28. The van der Waals surface area contributed by atoms with E-state index in [1.165, 1.54) is 0 Å². The minimum atomic E-state index is -0.186. The molecule has 0 saturated carbocycles. The van der Waals surface area contributed by atoms with Gasteiger partial charge in [0.25, 0.3) is 5.56 Å². The molecule has 0 saturated heterocycles. The molecule has 1 unspecified atom stereocenters. The summed E-state index contributed by atoms with van der Waals surface area (Å²) in [5.41, 5.74) is 4.90. The van der Waals surface area contributed by atoms with Crippen LogP contribution in [0.25, 0.3) is 38.9 Å². The van der Waals surface area contributed by atoms with E-state index in [2.05, 4.69) is 0 Å². The van der Waals surface area contributed by atoms with Crippen LogP contribution in [-0.2, 0) is 6.42 Å². The largest absolute Gasteiger partial charge is 0.497 e. The Morgan fingerprint density at radius 2 is 1.58 bits per heavy atom. The van der Waals surface area contributed by atoms with Crippen molar-refractivity contribution in [1.29, 1.82) is 0 Å². The number of methoxy groups -OCH3 is 1. The Hall–Kier alpha value is -4.52. The smallest absolute Gasteiger partial charge is 0.265 e. The molecule has 6 rings (SSSR count). The Labute approximate surface area is 207 Å². The predicted octanol–water partition coefficient (Wildman–Crippen LogP) is 5.46. The van der Waals surface area contributed by atoms with E-state index in [-0.39, 0.29) is 11.6 Å². The molecule has 0 bridgehead atoms. The molecular weight excluding hydrogens is 450 g/mol. The van der Waals surface area contributed by atoms with E-state index in [0.717, 1.165) is 22.3 Å². The third kappa shape index (κ3) is 3.35. The molecular formula is C29H25N5O2. The average molecular weight is 476 g/mol. The van der Waals surface area contributed by atoms with Crippen molar-refractivity contribution < 1.29 is 4.74 Å². The molecule has 0 aliphatic rings. The highest BCUT2D eigenvalue weighted by Crippen LogP contribution is 2.31. The van der Waals surface area contributed by atoms with Crippen LogP contribution < -0.4 is 10.3 Å². The van der Waals surface area contributed by atoms with E-state index < -0.39 is 0 Å². The van der Waals surface area contributed by atoms with Crippen LogP contribution in [0.5, 0.6) is 5.75 Å². The Kier molecular flexibility index (Phi) is 5.25. The van der Waals surface area contributed by atoms with Crippen molar-refractivity contribution in [3.05, 3.63) is 101 Å². The maximum atomic E-state index is 14.3. The molecule has 7 heteroatoms. The van der Waals surface area contributed by atoms with Crippen molar-refractivity contribution in [1.82, 2.24) is 24.1 Å². The van der Waals surface area contributed by atoms with E-state index in [1.807, 2.05) is 97.3 Å². The van der Waals surface area contributed by atoms with E-state index in [0.29, 0.717) is 40.2 Å². The summed E-state index contributed by atoms with van der Waals surface area (Å²) < 4.78 is 9.20. The number of para-hydroxylation sites is 2. The minimum absolute atomic E-state index is 0.121. The summed E-state index contributed by atoms with van der Waals surface area (Å²) in [7, 11) is 1.63. The third-order valence-electron chi connectivity index (χ3n) is 6.68. The van der Waals surface area contributed by atoms with Crippen LogP contribution in [0.3, 0.4) is 0 Å². The summed E-state index contributed by atoms with van der Waals surface area (Å²) >= 11 is 0. The third-order valence-corrected chi connectivity index (χ3v) is 6.68. The van der Waals surface area contributed by atoms with Crippen molar-refractivity contribution >= 4 is 33.2 Å². The molecule has 36 heavy (non-hydrogen) atoms. The van der Waals surface area contributed by atoms with E-state index in [1.54, 1.807) is 11.7 Å². The van der Waals surface area contributed by atoms with E-state index >= 15 is 0 Å². The molecule has 7 nitrogen and oxygen atoms in total. The van der Waals surface area contributed by atoms with Crippen molar-refractivity contribution in [2.45, 2.75) is 26.3 Å². The molecule has 1 atom stereocenters. The Bertz CT molecular complexity index is 1800. The number of ether oxygens (including phenoxy) is 1. The lowest BCUT2D eigenvalue weighted by Gasteiger charge is -2.19. The number of hydrogen-bond donors (Lipinski definition) is 0. The van der Waals surface area contributed by atoms with Crippen LogP contribution in [0.4, 0.5) is 0 Å². The quantitative estimate of drug-likeness (QED) is 0.331. The van der Waals surface area contributed by atoms with Crippen molar-refractivity contribution in [3.8, 4) is 11.4 Å². The van der Waals surface area contributed by atoms with E-state index in [4.69, 9.17) is 19.7 Å². The number of benzene rings is 3. The highest BCUT2D eigenvalue weighted by atomic mass is 16.5. The van der Waals surface area contributed by atoms with Crippen LogP contribution in [0.2, 0.25) is 0 Å². The molecule has 3 heterocycles. The second-order valence-corrected chi connectivity index (χ2v) is 8.76. The van der Waals surface area contributed by atoms with Gasteiger partial charge in [-0.2, -0.15) is 0 Å². The molecule has 0 radical (unpaired) electrons. The standard InChI is InChI=1S/C29H25N5O2/c1-4-24-32-27-25(29(35)33(24)18(2)19-11-6-5-7-12-19)26-28(31-23-16-9-8-15-22(23)30-26)34(27)20-13-10-14-21(17-20)36-3/h5-18H,4H2,1-3H3. The van der Waals surface area contributed by atoms with Crippen molar-refractivity contribution in [3.63, 3.8) is 0 Å². The molecule has 0 spiro atoms. The fourth-order valence-corrected chi connectivity index (χ4v) is 4.87. The number of aromatic nitrogens is 5. The Balaban J connectivity index is 1.77. The fourth-order valence-electron chi connectivity index (χ4n) is 4.87. The minimum Gasteiger partial charge on any atom is -0.497 e. The highest BCUT2D eigenvalue weighted by molar-refractivity contribution is 6.05. The average Bonchev–Trinajstić information content (AvgIpc) is 3.24. The predicted molar refractivity (Wildman–Crippen MR) is 142 cm³/mol. The van der Waals surface area contributed by atoms with Crippen LogP contribution in [0, 0.1) is 0 Å².